The summed E-state index contributed by atoms with van der Waals surface area (Å²) < 4.78 is 0. The predicted octanol–water partition coefficient (Wildman–Crippen LogP) is -6.08. The highest BCUT2D eigenvalue weighted by Gasteiger charge is 2.37. The Balaban J connectivity index is 3.79. The first-order valence-corrected chi connectivity index (χ1v) is 28.0. The molecular weight excluding hydrogens is 1040 g/mol. The number of nitrogens with one attached hydrogen (secondary N) is 11. The first kappa shape index (κ1) is 71.9. The fraction of sp³-hybridized carbons (Fsp3) is 0.784. The minimum atomic E-state index is -1.68. The second-order valence-electron chi connectivity index (χ2n) is 20.9. The number of hydrogen-bond acceptors (Lipinski definition) is 18. The van der Waals surface area contributed by atoms with Crippen molar-refractivity contribution < 1.29 is 63.0 Å². The van der Waals surface area contributed by atoms with E-state index in [2.05, 4.69) is 65.4 Å². The van der Waals surface area contributed by atoms with Crippen molar-refractivity contribution in [3.05, 3.63) is 0 Å². The molecular formula is C51H96N16O13. The fourth-order valence-corrected chi connectivity index (χ4v) is 8.49. The molecule has 0 radical (unpaired) electrons. The van der Waals surface area contributed by atoms with Gasteiger partial charge in [0.2, 0.25) is 65.0 Å². The monoisotopic (exact) mass is 1140 g/mol. The largest absolute Gasteiger partial charge is 0.394 e. The topological polar surface area (TPSA) is 491 Å². The highest BCUT2D eigenvalue weighted by atomic mass is 16.3. The normalized spacial score (nSPS) is 22.9. The van der Waals surface area contributed by atoms with Gasteiger partial charge in [-0.05, 0) is 109 Å². The summed E-state index contributed by atoms with van der Waals surface area (Å²) in [5.74, 6) is -9.96. The van der Waals surface area contributed by atoms with E-state index in [0.717, 1.165) is 25.7 Å². The summed E-state index contributed by atoms with van der Waals surface area (Å²) in [7, 11) is 0. The molecule has 1 aliphatic rings. The summed E-state index contributed by atoms with van der Waals surface area (Å²) >= 11 is 0. The molecule has 23 N–H and O–H groups in total. The zero-order chi connectivity index (χ0) is 60.5. The molecule has 0 bridgehead atoms. The Hall–Kier alpha value is -6.11. The summed E-state index contributed by atoms with van der Waals surface area (Å²) in [4.78, 5) is 152. The SMILES string of the molecule is CCCCCCCC(=O)N[C@@H](CCN)C(=O)N[C@@H](CO)C(=O)N[C@@H](CCN)C(=O)N[C@H]1CCNC(=O)[C@H]([C@@H](C)O)NC(=O)[C@H](CCN)NC(=O)[C@H](CCN)NC(=O)[C@H](CC(C)C)NC(=O)[C@@H](CC(C)C)NC(=O)[C@H](CCN)NC1=O. The average Bonchev–Trinajstić information content (AvgIpc) is 3.39. The van der Waals surface area contributed by atoms with Gasteiger partial charge in [0.05, 0.1) is 12.7 Å². The zero-order valence-electron chi connectivity index (χ0n) is 47.6. The first-order chi connectivity index (χ1) is 37.9. The molecule has 0 aliphatic carbocycles. The number of hydrogen-bond donors (Lipinski definition) is 18. The van der Waals surface area contributed by atoms with Crippen molar-refractivity contribution in [2.45, 2.75) is 198 Å². The molecule has 1 fully saturated rings. The molecule has 0 aromatic carbocycles. The lowest BCUT2D eigenvalue weighted by molar-refractivity contribution is -0.136. The van der Waals surface area contributed by atoms with Crippen molar-refractivity contribution in [2.75, 3.05) is 45.9 Å². The third-order valence-electron chi connectivity index (χ3n) is 12.9. The van der Waals surface area contributed by atoms with E-state index in [1.54, 1.807) is 27.7 Å². The molecule has 11 atom stereocenters. The molecule has 1 aliphatic heterocycles. The molecule has 1 heterocycles. The van der Waals surface area contributed by atoms with E-state index >= 15 is 0 Å². The molecule has 458 valence electrons. The van der Waals surface area contributed by atoms with Gasteiger partial charge in [0.1, 0.15) is 60.4 Å². The van der Waals surface area contributed by atoms with Crippen molar-refractivity contribution >= 4 is 65.0 Å². The number of rotatable bonds is 29. The van der Waals surface area contributed by atoms with E-state index in [1.807, 2.05) is 0 Å². The second kappa shape index (κ2) is 39.3. The number of amides is 11. The van der Waals surface area contributed by atoms with Gasteiger partial charge in [-0.1, -0.05) is 60.3 Å². The lowest BCUT2D eigenvalue weighted by atomic mass is 9.99. The third kappa shape index (κ3) is 26.9. The van der Waals surface area contributed by atoms with Gasteiger partial charge in [-0.2, -0.15) is 0 Å². The van der Waals surface area contributed by atoms with Crippen LogP contribution in [0.3, 0.4) is 0 Å². The van der Waals surface area contributed by atoms with Crippen LogP contribution in [0.2, 0.25) is 0 Å². The minimum Gasteiger partial charge on any atom is -0.394 e. The molecule has 0 unspecified atom stereocenters. The fourth-order valence-electron chi connectivity index (χ4n) is 8.49. The summed E-state index contributed by atoms with van der Waals surface area (Å²) in [5, 5.41) is 48.8. The van der Waals surface area contributed by atoms with Gasteiger partial charge in [-0.15, -0.1) is 0 Å². The van der Waals surface area contributed by atoms with Crippen molar-refractivity contribution in [3.63, 3.8) is 0 Å². The Kier molecular flexibility index (Phi) is 35.3. The van der Waals surface area contributed by atoms with Gasteiger partial charge in [-0.3, -0.25) is 52.7 Å². The minimum absolute atomic E-state index is 0.00454. The highest BCUT2D eigenvalue weighted by Crippen LogP contribution is 2.12. The number of nitrogens with two attached hydrogens (primary N) is 5. The van der Waals surface area contributed by atoms with E-state index in [-0.39, 0.29) is 95.9 Å². The maximum atomic E-state index is 14.4. The Morgan fingerprint density at radius 1 is 0.525 bits per heavy atom. The Bertz CT molecular complexity index is 2000. The number of aliphatic hydroxyl groups excluding tert-OH is 2. The molecule has 0 aromatic rings. The van der Waals surface area contributed by atoms with Crippen LogP contribution in [0.4, 0.5) is 0 Å². The smallest absolute Gasteiger partial charge is 0.245 e. The number of carbonyl (C=O) groups is 11. The van der Waals surface area contributed by atoms with Gasteiger partial charge < -0.3 is 97.4 Å². The number of aliphatic hydroxyl groups is 2. The molecule has 29 nitrogen and oxygen atoms in total. The number of carbonyl (C=O) groups excluding carboxylic acids is 11. The molecule has 1 saturated heterocycles. The van der Waals surface area contributed by atoms with Crippen LogP contribution in [0.15, 0.2) is 0 Å². The first-order valence-electron chi connectivity index (χ1n) is 28.0. The van der Waals surface area contributed by atoms with Crippen LogP contribution in [-0.4, -0.2) is 188 Å². The standard InChI is InChI=1S/C51H96N16O13/c1-7-8-9-10-11-12-40(70)58-31(13-19-52)42(71)66-39(27-68)50(79)62-33(15-21-54)44(73)63-36-18-24-57-51(80)41(30(6)69)67-47(76)35(17-23-56)60-43(72)32(14-20-53)61-48(77)37(25-28(2)3)65-49(78)38(26-29(4)5)64-45(74)34(16-22-55)59-46(36)75/h28-39,41,68-69H,7-27,52-56H2,1-6H3,(H,57,80)(H,58,70)(H,59,75)(H,60,72)(H,61,77)(H,62,79)(H,63,73)(H,64,74)(H,65,78)(H,66,71)(H,67,76)/t30-,31+,32+,33+,34+,35+,36+,37+,38-,39+,41+/m1/s1. The van der Waals surface area contributed by atoms with E-state index in [4.69, 9.17) is 28.7 Å². The van der Waals surface area contributed by atoms with Gasteiger partial charge in [-0.25, -0.2) is 0 Å². The average molecular weight is 1140 g/mol. The summed E-state index contributed by atoms with van der Waals surface area (Å²) in [6, 6.07) is -14.4. The van der Waals surface area contributed by atoms with Crippen molar-refractivity contribution in [3.8, 4) is 0 Å². The zero-order valence-corrected chi connectivity index (χ0v) is 47.6. The van der Waals surface area contributed by atoms with Gasteiger partial charge >= 0.3 is 0 Å². The van der Waals surface area contributed by atoms with E-state index in [1.165, 1.54) is 6.92 Å². The van der Waals surface area contributed by atoms with Crippen LogP contribution in [0.5, 0.6) is 0 Å². The molecule has 11 amide bonds. The Morgan fingerprint density at radius 2 is 0.938 bits per heavy atom. The maximum absolute atomic E-state index is 14.4. The van der Waals surface area contributed by atoms with Gasteiger partial charge in [0.25, 0.3) is 0 Å². The van der Waals surface area contributed by atoms with Crippen molar-refractivity contribution in [1.29, 1.82) is 0 Å². The quantitative estimate of drug-likeness (QED) is 0.0310. The van der Waals surface area contributed by atoms with Crippen LogP contribution < -0.4 is 87.2 Å². The molecule has 0 aromatic heterocycles. The lowest BCUT2D eigenvalue weighted by Gasteiger charge is -2.29. The van der Waals surface area contributed by atoms with Crippen LogP contribution in [-0.2, 0) is 52.7 Å². The maximum Gasteiger partial charge on any atom is 0.245 e. The predicted molar refractivity (Wildman–Crippen MR) is 296 cm³/mol. The van der Waals surface area contributed by atoms with E-state index in [9.17, 15) is 63.0 Å². The van der Waals surface area contributed by atoms with Gasteiger partial charge in [0.15, 0.2) is 0 Å². The van der Waals surface area contributed by atoms with Crippen LogP contribution in [0, 0.1) is 11.8 Å². The van der Waals surface area contributed by atoms with Crippen LogP contribution in [0.25, 0.3) is 0 Å². The third-order valence-corrected chi connectivity index (χ3v) is 12.9. The summed E-state index contributed by atoms with van der Waals surface area (Å²) in [6.45, 7) is 8.36. The van der Waals surface area contributed by atoms with Crippen LogP contribution >= 0.6 is 0 Å². The Labute approximate surface area is 469 Å². The lowest BCUT2D eigenvalue weighted by Crippen LogP contribution is -2.61. The highest BCUT2D eigenvalue weighted by molar-refractivity contribution is 5.99. The molecule has 80 heavy (non-hydrogen) atoms. The van der Waals surface area contributed by atoms with Crippen molar-refractivity contribution in [1.82, 2.24) is 58.5 Å². The molecule has 29 heteroatoms. The summed E-state index contributed by atoms with van der Waals surface area (Å²) in [5.41, 5.74) is 29.1. The second-order valence-corrected chi connectivity index (χ2v) is 20.9. The van der Waals surface area contributed by atoms with E-state index < -0.39 is 151 Å². The molecule has 1 rings (SSSR count). The summed E-state index contributed by atoms with van der Waals surface area (Å²) in [6.07, 6.45) is 1.92. The van der Waals surface area contributed by atoms with Crippen molar-refractivity contribution in [2.24, 2.45) is 40.5 Å². The Morgan fingerprint density at radius 3 is 1.38 bits per heavy atom. The van der Waals surface area contributed by atoms with Gasteiger partial charge in [0, 0.05) is 13.0 Å². The molecule has 0 spiro atoms. The molecule has 0 saturated carbocycles. The number of unbranched alkanes of at least 4 members (excludes halogenated alkanes) is 4. The van der Waals surface area contributed by atoms with Crippen LogP contribution in [0.1, 0.15) is 131 Å². The van der Waals surface area contributed by atoms with E-state index in [0.29, 0.717) is 6.42 Å².